The Labute approximate surface area is 216 Å². The summed E-state index contributed by atoms with van der Waals surface area (Å²) in [5.74, 6) is -2.13. The molecule has 4 heterocycles. The summed E-state index contributed by atoms with van der Waals surface area (Å²) in [6.45, 7) is -0.230. The highest BCUT2D eigenvalue weighted by Gasteiger charge is 2.53. The van der Waals surface area contributed by atoms with Gasteiger partial charge in [0.25, 0.3) is 5.56 Å². The van der Waals surface area contributed by atoms with E-state index in [4.69, 9.17) is 19.9 Å². The summed E-state index contributed by atoms with van der Waals surface area (Å²) in [6.07, 6.45) is -7.89. The number of aromatic nitrogens is 2. The monoisotopic (exact) mass is 543 g/mol. The third kappa shape index (κ3) is 5.39. The van der Waals surface area contributed by atoms with Crippen LogP contribution in [0.3, 0.4) is 0 Å². The maximum atomic E-state index is 13.6. The first kappa shape index (κ1) is 28.3. The predicted octanol–water partition coefficient (Wildman–Crippen LogP) is -4.41. The Hall–Kier alpha value is -2.70. The van der Waals surface area contributed by atoms with Gasteiger partial charge in [0.2, 0.25) is 5.91 Å². The lowest BCUT2D eigenvalue weighted by Gasteiger charge is -2.38. The number of H-pyrrole nitrogens is 1. The molecule has 16 nitrogen and oxygen atoms in total. The van der Waals surface area contributed by atoms with Crippen LogP contribution in [0.1, 0.15) is 19.1 Å². The number of likely N-dealkylation sites (N-methyl/N-ethyl adjacent to an activating group) is 2. The molecule has 7 N–H and O–H groups in total. The number of ether oxygens (including phenoxy) is 3. The number of amides is 1. The average molecular weight is 544 g/mol. The molecule has 3 aliphatic heterocycles. The number of nitrogens with zero attached hydrogens (tertiary/aromatic N) is 3. The zero-order chi connectivity index (χ0) is 27.9. The number of carboxylic acid groups (broad SMARTS) is 1. The van der Waals surface area contributed by atoms with Gasteiger partial charge < -0.3 is 45.3 Å². The number of nitrogens with two attached hydrogens (primary N) is 1. The van der Waals surface area contributed by atoms with Crippen LogP contribution in [0.25, 0.3) is 0 Å². The second-order valence-electron chi connectivity index (χ2n) is 9.80. The van der Waals surface area contributed by atoms with Crippen molar-refractivity contribution in [1.29, 1.82) is 0 Å². The SMILES string of the molecule is CN1CC(O)C(C(=O)O)N(C)C(=O)C1C(OC1CC(O)C(CN)O1)C1OC(n2ccc(=O)[nH]c2=O)CC1O. The molecule has 4 rings (SSSR count). The van der Waals surface area contributed by atoms with Crippen LogP contribution < -0.4 is 17.0 Å². The zero-order valence-electron chi connectivity index (χ0n) is 20.8. The second-order valence-corrected chi connectivity index (χ2v) is 9.80. The van der Waals surface area contributed by atoms with Gasteiger partial charge in [-0.1, -0.05) is 0 Å². The lowest BCUT2D eigenvalue weighted by atomic mass is 9.98. The van der Waals surface area contributed by atoms with Gasteiger partial charge in [-0.3, -0.25) is 24.0 Å². The fourth-order valence-electron chi connectivity index (χ4n) is 5.32. The Kier molecular flexibility index (Phi) is 8.34. The number of aliphatic carboxylic acids is 1. The van der Waals surface area contributed by atoms with Crippen molar-refractivity contribution in [3.63, 3.8) is 0 Å². The highest BCUT2D eigenvalue weighted by molar-refractivity contribution is 5.88. The summed E-state index contributed by atoms with van der Waals surface area (Å²) in [6, 6.07) is -1.68. The molecular weight excluding hydrogens is 510 g/mol. The number of β-amino-alcohol motifs (C(OH)–C–C–N with tert-alkyl or cyclic N) is 1. The third-order valence-corrected chi connectivity index (χ3v) is 7.25. The van der Waals surface area contributed by atoms with Crippen molar-refractivity contribution < 1.29 is 44.2 Å². The molecule has 1 aromatic heterocycles. The highest BCUT2D eigenvalue weighted by Crippen LogP contribution is 2.35. The smallest absolute Gasteiger partial charge is 0.330 e. The van der Waals surface area contributed by atoms with Crippen LogP contribution in [-0.4, -0.2) is 134 Å². The lowest BCUT2D eigenvalue weighted by Crippen LogP contribution is -2.58. The minimum absolute atomic E-state index is 0.00291. The minimum atomic E-state index is -1.54. The van der Waals surface area contributed by atoms with Gasteiger partial charge in [0.1, 0.15) is 24.5 Å². The van der Waals surface area contributed by atoms with E-state index in [2.05, 4.69) is 4.98 Å². The maximum Gasteiger partial charge on any atom is 0.330 e. The summed E-state index contributed by atoms with van der Waals surface area (Å²) in [5, 5.41) is 41.4. The molecule has 0 spiro atoms. The Morgan fingerprint density at radius 1 is 1.16 bits per heavy atom. The number of hydrogen-bond donors (Lipinski definition) is 6. The van der Waals surface area contributed by atoms with Gasteiger partial charge in [-0.25, -0.2) is 9.59 Å². The normalized spacial score (nSPS) is 37.4. The van der Waals surface area contributed by atoms with Crippen LogP contribution in [0.5, 0.6) is 0 Å². The third-order valence-electron chi connectivity index (χ3n) is 7.25. The van der Waals surface area contributed by atoms with E-state index in [-0.39, 0.29) is 25.9 Å². The van der Waals surface area contributed by atoms with Crippen molar-refractivity contribution in [2.24, 2.45) is 5.73 Å². The summed E-state index contributed by atoms with van der Waals surface area (Å²) in [4.78, 5) is 53.6. The van der Waals surface area contributed by atoms with Gasteiger partial charge in [-0.15, -0.1) is 0 Å². The van der Waals surface area contributed by atoms with Crippen LogP contribution in [0.15, 0.2) is 21.9 Å². The molecule has 0 aliphatic carbocycles. The molecule has 3 fully saturated rings. The van der Waals surface area contributed by atoms with E-state index in [0.29, 0.717) is 0 Å². The number of carbonyl (C=O) groups excluding carboxylic acids is 1. The van der Waals surface area contributed by atoms with Crippen molar-refractivity contribution >= 4 is 11.9 Å². The molecule has 1 aromatic rings. The molecule has 1 amide bonds. The molecule has 10 unspecified atom stereocenters. The van der Waals surface area contributed by atoms with Gasteiger partial charge in [-0.05, 0) is 7.05 Å². The number of aliphatic hydroxyl groups excluding tert-OH is 3. The largest absolute Gasteiger partial charge is 0.480 e. The van der Waals surface area contributed by atoms with Gasteiger partial charge in [-0.2, -0.15) is 0 Å². The molecular formula is C22H33N5O11. The Balaban J connectivity index is 1.69. The molecule has 0 radical (unpaired) electrons. The molecule has 212 valence electrons. The van der Waals surface area contributed by atoms with Crippen molar-refractivity contribution in [1.82, 2.24) is 19.4 Å². The standard InChI is InChI=1S/C22H33N5O11/c1-25-8-11(30)16(21(33)34)26(2)20(32)17(25)19(38-15-6-9(28)12(7-23)36-15)18-10(29)5-14(37-18)27-4-3-13(31)24-22(27)35/h3-4,9-12,14-19,28-30H,5-8,23H2,1-2H3,(H,33,34)(H,24,31,35). The fourth-order valence-corrected chi connectivity index (χ4v) is 5.32. The van der Waals surface area contributed by atoms with Gasteiger partial charge >= 0.3 is 11.7 Å². The number of carboxylic acids is 1. The Morgan fingerprint density at radius 3 is 2.47 bits per heavy atom. The molecule has 3 aliphatic rings. The van der Waals surface area contributed by atoms with E-state index in [9.17, 15) is 39.6 Å². The zero-order valence-corrected chi connectivity index (χ0v) is 20.8. The molecule has 38 heavy (non-hydrogen) atoms. The van der Waals surface area contributed by atoms with E-state index in [1.54, 1.807) is 0 Å². The Bertz CT molecular complexity index is 1140. The van der Waals surface area contributed by atoms with E-state index in [0.717, 1.165) is 15.5 Å². The van der Waals surface area contributed by atoms with Crippen molar-refractivity contribution in [2.45, 2.75) is 74.1 Å². The molecule has 16 heteroatoms. The first-order valence-corrected chi connectivity index (χ1v) is 12.1. The summed E-state index contributed by atoms with van der Waals surface area (Å²) in [7, 11) is 2.72. The minimum Gasteiger partial charge on any atom is -0.480 e. The van der Waals surface area contributed by atoms with E-state index in [1.807, 2.05) is 0 Å². The summed E-state index contributed by atoms with van der Waals surface area (Å²) in [5.41, 5.74) is 4.25. The quantitative estimate of drug-likeness (QED) is 0.191. The van der Waals surface area contributed by atoms with Crippen LogP contribution >= 0.6 is 0 Å². The van der Waals surface area contributed by atoms with Gasteiger partial charge in [0, 0.05) is 45.2 Å². The predicted molar refractivity (Wildman–Crippen MR) is 126 cm³/mol. The summed E-state index contributed by atoms with van der Waals surface area (Å²) < 4.78 is 18.9. The van der Waals surface area contributed by atoms with Gasteiger partial charge in [0.05, 0.1) is 24.4 Å². The lowest BCUT2D eigenvalue weighted by molar-refractivity contribution is -0.215. The number of rotatable bonds is 7. The summed E-state index contributed by atoms with van der Waals surface area (Å²) >= 11 is 0. The maximum absolute atomic E-state index is 13.6. The average Bonchev–Trinajstić information content (AvgIpc) is 3.37. The number of aromatic amines is 1. The molecule has 0 bridgehead atoms. The van der Waals surface area contributed by atoms with Crippen LogP contribution in [0.4, 0.5) is 0 Å². The molecule has 3 saturated heterocycles. The van der Waals surface area contributed by atoms with Crippen LogP contribution in [0.2, 0.25) is 0 Å². The fraction of sp³-hybridized carbons (Fsp3) is 0.727. The molecule has 10 atom stereocenters. The highest BCUT2D eigenvalue weighted by atomic mass is 16.7. The first-order valence-electron chi connectivity index (χ1n) is 12.1. The number of carbonyl (C=O) groups is 2. The Morgan fingerprint density at radius 2 is 1.87 bits per heavy atom. The molecule has 0 aromatic carbocycles. The van der Waals surface area contributed by atoms with E-state index >= 15 is 0 Å². The van der Waals surface area contributed by atoms with Gasteiger partial charge in [0.15, 0.2) is 12.3 Å². The van der Waals surface area contributed by atoms with Crippen molar-refractivity contribution in [3.05, 3.63) is 33.1 Å². The van der Waals surface area contributed by atoms with Crippen molar-refractivity contribution in [3.8, 4) is 0 Å². The van der Waals surface area contributed by atoms with E-state index < -0.39 is 84.4 Å². The van der Waals surface area contributed by atoms with E-state index in [1.165, 1.54) is 25.2 Å². The van der Waals surface area contributed by atoms with Crippen molar-refractivity contribution in [2.75, 3.05) is 27.2 Å². The second kappa shape index (κ2) is 11.2. The van der Waals surface area contributed by atoms with Crippen LogP contribution in [0, 0.1) is 0 Å². The number of hydrogen-bond acceptors (Lipinski definition) is 12. The molecule has 0 saturated carbocycles. The first-order chi connectivity index (χ1) is 17.9. The number of aliphatic hydroxyl groups is 3. The van der Waals surface area contributed by atoms with Crippen LogP contribution in [-0.2, 0) is 23.8 Å². The topological polar surface area (TPSA) is 230 Å². The number of nitrogens with one attached hydrogen (secondary N) is 1.